The quantitative estimate of drug-likeness (QED) is 0.855. The first-order valence-corrected chi connectivity index (χ1v) is 8.72. The molecule has 2 aliphatic rings. The average Bonchev–Trinajstić information content (AvgIpc) is 3.32. The normalized spacial score (nSPS) is 22.4. The number of piperidine rings is 1. The molecule has 0 aliphatic carbocycles. The summed E-state index contributed by atoms with van der Waals surface area (Å²) >= 11 is 0. The Hall–Kier alpha value is -2.18. The van der Waals surface area contributed by atoms with Crippen molar-refractivity contribution < 1.29 is 18.7 Å². The van der Waals surface area contributed by atoms with Gasteiger partial charge in [0.25, 0.3) is 5.91 Å². The van der Waals surface area contributed by atoms with Gasteiger partial charge in [-0.3, -0.25) is 9.78 Å². The highest BCUT2D eigenvalue weighted by Crippen LogP contribution is 2.37. The summed E-state index contributed by atoms with van der Waals surface area (Å²) in [6, 6.07) is 9.27. The van der Waals surface area contributed by atoms with Gasteiger partial charge in [0, 0.05) is 25.7 Å². The largest absolute Gasteiger partial charge is 0.459 e. The van der Waals surface area contributed by atoms with Crippen LogP contribution in [-0.2, 0) is 16.1 Å². The molecule has 132 valence electrons. The molecule has 1 atom stereocenters. The number of hydrogen-bond acceptors (Lipinski definition) is 5. The number of nitrogens with zero attached hydrogens (tertiary/aromatic N) is 2. The van der Waals surface area contributed by atoms with E-state index in [4.69, 9.17) is 13.9 Å². The van der Waals surface area contributed by atoms with Crippen LogP contribution in [0.1, 0.15) is 35.5 Å². The number of aromatic nitrogens is 1. The van der Waals surface area contributed by atoms with E-state index >= 15 is 0 Å². The molecule has 2 aliphatic heterocycles. The minimum Gasteiger partial charge on any atom is -0.459 e. The van der Waals surface area contributed by atoms with Crippen LogP contribution in [0.2, 0.25) is 0 Å². The topological polar surface area (TPSA) is 64.8 Å². The Balaban J connectivity index is 1.28. The fourth-order valence-corrected chi connectivity index (χ4v) is 3.62. The van der Waals surface area contributed by atoms with E-state index in [9.17, 15) is 4.79 Å². The fraction of sp³-hybridized carbons (Fsp3) is 0.474. The Labute approximate surface area is 146 Å². The standard InChI is InChI=1S/C19H22N2O4/c22-18(17-5-3-11-23-17)21-9-6-19(7-10-21)12-16(14-25-19)24-13-15-4-1-2-8-20-15/h1-5,8,11,16H,6-7,9-10,12-14H2/t16-/m1/s1. The van der Waals surface area contributed by atoms with Crippen molar-refractivity contribution in [2.24, 2.45) is 0 Å². The lowest BCUT2D eigenvalue weighted by Crippen LogP contribution is -2.46. The van der Waals surface area contributed by atoms with E-state index in [1.54, 1.807) is 18.3 Å². The van der Waals surface area contributed by atoms with Crippen molar-refractivity contribution in [1.29, 1.82) is 0 Å². The number of hydrogen-bond donors (Lipinski definition) is 0. The number of furan rings is 1. The average molecular weight is 342 g/mol. The molecule has 0 unspecified atom stereocenters. The van der Waals surface area contributed by atoms with Crippen LogP contribution in [-0.4, -0.2) is 47.2 Å². The molecule has 1 spiro atoms. The zero-order chi connectivity index (χ0) is 17.1. The highest BCUT2D eigenvalue weighted by molar-refractivity contribution is 5.91. The number of ether oxygens (including phenoxy) is 2. The Kier molecular flexibility index (Phi) is 4.55. The second-order valence-corrected chi connectivity index (χ2v) is 6.72. The lowest BCUT2D eigenvalue weighted by molar-refractivity contribution is -0.0416. The summed E-state index contributed by atoms with van der Waals surface area (Å²) in [5.41, 5.74) is 0.775. The first kappa shape index (κ1) is 16.3. The van der Waals surface area contributed by atoms with Gasteiger partial charge in [-0.05, 0) is 37.1 Å². The van der Waals surface area contributed by atoms with Crippen molar-refractivity contribution in [2.45, 2.75) is 37.6 Å². The van der Waals surface area contributed by atoms with Gasteiger partial charge in [0.1, 0.15) is 0 Å². The number of likely N-dealkylation sites (tertiary alicyclic amines) is 1. The van der Waals surface area contributed by atoms with Crippen LogP contribution >= 0.6 is 0 Å². The van der Waals surface area contributed by atoms with Crippen molar-refractivity contribution in [2.75, 3.05) is 19.7 Å². The summed E-state index contributed by atoms with van der Waals surface area (Å²) in [6.07, 6.45) is 5.95. The molecule has 6 heteroatoms. The van der Waals surface area contributed by atoms with Crippen molar-refractivity contribution >= 4 is 5.91 Å². The molecule has 2 saturated heterocycles. The molecule has 25 heavy (non-hydrogen) atoms. The van der Waals surface area contributed by atoms with Crippen molar-refractivity contribution in [1.82, 2.24) is 9.88 Å². The van der Waals surface area contributed by atoms with Gasteiger partial charge < -0.3 is 18.8 Å². The molecule has 4 rings (SSSR count). The van der Waals surface area contributed by atoms with E-state index in [2.05, 4.69) is 4.98 Å². The van der Waals surface area contributed by atoms with E-state index in [0.717, 1.165) is 25.0 Å². The van der Waals surface area contributed by atoms with Gasteiger partial charge >= 0.3 is 0 Å². The summed E-state index contributed by atoms with van der Waals surface area (Å²) in [4.78, 5) is 18.5. The number of carbonyl (C=O) groups excluding carboxylic acids is 1. The SMILES string of the molecule is O=C(c1ccco1)N1CCC2(CC1)C[C@@H](OCc1ccccn1)CO2. The zero-order valence-corrected chi connectivity index (χ0v) is 14.1. The maximum Gasteiger partial charge on any atom is 0.289 e. The highest BCUT2D eigenvalue weighted by Gasteiger charge is 2.44. The van der Waals surface area contributed by atoms with Crippen LogP contribution in [0.5, 0.6) is 0 Å². The molecule has 2 aromatic heterocycles. The third kappa shape index (κ3) is 3.60. The molecule has 6 nitrogen and oxygen atoms in total. The zero-order valence-electron chi connectivity index (χ0n) is 14.1. The van der Waals surface area contributed by atoms with Gasteiger partial charge in [0.15, 0.2) is 5.76 Å². The second-order valence-electron chi connectivity index (χ2n) is 6.72. The van der Waals surface area contributed by atoms with E-state index < -0.39 is 0 Å². The lowest BCUT2D eigenvalue weighted by atomic mass is 9.88. The van der Waals surface area contributed by atoms with E-state index in [1.165, 1.54) is 6.26 Å². The van der Waals surface area contributed by atoms with Crippen LogP contribution in [0.15, 0.2) is 47.2 Å². The van der Waals surface area contributed by atoms with Crippen molar-refractivity contribution in [3.8, 4) is 0 Å². The summed E-state index contributed by atoms with van der Waals surface area (Å²) in [5.74, 6) is 0.362. The lowest BCUT2D eigenvalue weighted by Gasteiger charge is -2.38. The number of pyridine rings is 1. The maximum absolute atomic E-state index is 12.3. The van der Waals surface area contributed by atoms with Crippen molar-refractivity contribution in [3.05, 3.63) is 54.2 Å². The number of amides is 1. The van der Waals surface area contributed by atoms with E-state index in [1.807, 2.05) is 23.1 Å². The van der Waals surface area contributed by atoms with Gasteiger partial charge in [-0.2, -0.15) is 0 Å². The predicted molar refractivity (Wildman–Crippen MR) is 90.0 cm³/mol. The molecular weight excluding hydrogens is 320 g/mol. The molecule has 2 aromatic rings. The minimum atomic E-state index is -0.158. The van der Waals surface area contributed by atoms with E-state index in [-0.39, 0.29) is 17.6 Å². The Morgan fingerprint density at radius 1 is 1.28 bits per heavy atom. The molecule has 0 radical (unpaired) electrons. The smallest absolute Gasteiger partial charge is 0.289 e. The third-order valence-electron chi connectivity index (χ3n) is 5.06. The van der Waals surface area contributed by atoms with Crippen LogP contribution in [0.25, 0.3) is 0 Å². The Morgan fingerprint density at radius 3 is 2.88 bits per heavy atom. The summed E-state index contributed by atoms with van der Waals surface area (Å²) in [7, 11) is 0. The third-order valence-corrected chi connectivity index (χ3v) is 5.06. The molecule has 1 amide bonds. The van der Waals surface area contributed by atoms with Gasteiger partial charge in [0.2, 0.25) is 0 Å². The van der Waals surface area contributed by atoms with Crippen LogP contribution in [0.4, 0.5) is 0 Å². The van der Waals surface area contributed by atoms with Gasteiger partial charge in [-0.1, -0.05) is 6.07 Å². The first-order valence-electron chi connectivity index (χ1n) is 8.72. The van der Waals surface area contributed by atoms with Crippen LogP contribution < -0.4 is 0 Å². The molecule has 0 N–H and O–H groups in total. The summed E-state index contributed by atoms with van der Waals surface area (Å²) in [5, 5.41) is 0. The molecule has 4 heterocycles. The molecule has 0 bridgehead atoms. The summed E-state index contributed by atoms with van der Waals surface area (Å²) < 4.78 is 17.3. The van der Waals surface area contributed by atoms with Gasteiger partial charge in [-0.25, -0.2) is 0 Å². The first-order chi connectivity index (χ1) is 12.2. The molecule has 0 aromatic carbocycles. The second kappa shape index (κ2) is 6.98. The molecular formula is C19H22N2O4. The molecule has 2 fully saturated rings. The predicted octanol–water partition coefficient (Wildman–Crippen LogP) is 2.66. The minimum absolute atomic E-state index is 0.0409. The van der Waals surface area contributed by atoms with Gasteiger partial charge in [-0.15, -0.1) is 0 Å². The summed E-state index contributed by atoms with van der Waals surface area (Å²) in [6.45, 7) is 2.49. The number of carbonyl (C=O) groups is 1. The fourth-order valence-electron chi connectivity index (χ4n) is 3.62. The maximum atomic E-state index is 12.3. The highest BCUT2D eigenvalue weighted by atomic mass is 16.6. The Morgan fingerprint density at radius 2 is 2.16 bits per heavy atom. The Bertz CT molecular complexity index is 693. The van der Waals surface area contributed by atoms with Crippen LogP contribution in [0, 0.1) is 0 Å². The molecule has 0 saturated carbocycles. The van der Waals surface area contributed by atoms with Crippen LogP contribution in [0.3, 0.4) is 0 Å². The van der Waals surface area contributed by atoms with Crippen molar-refractivity contribution in [3.63, 3.8) is 0 Å². The van der Waals surface area contributed by atoms with Gasteiger partial charge in [0.05, 0.1) is 36.9 Å². The monoisotopic (exact) mass is 342 g/mol. The number of rotatable bonds is 4. The van der Waals surface area contributed by atoms with E-state index in [0.29, 0.717) is 32.1 Å².